The van der Waals surface area contributed by atoms with Crippen LogP contribution in [0.1, 0.15) is 37.4 Å². The number of hydrogen-bond donors (Lipinski definition) is 1. The number of aromatic nitrogens is 5. The molecule has 0 radical (unpaired) electrons. The highest BCUT2D eigenvalue weighted by atomic mass is 16.5. The van der Waals surface area contributed by atoms with Crippen LogP contribution in [0.4, 0.5) is 11.8 Å². The molecule has 0 unspecified atom stereocenters. The molecule has 3 aliphatic rings. The Balaban J connectivity index is 1.33. The Bertz CT molecular complexity index is 855. The summed E-state index contributed by atoms with van der Waals surface area (Å²) in [7, 11) is 3.57. The highest BCUT2D eigenvalue weighted by molar-refractivity contribution is 5.41. The van der Waals surface area contributed by atoms with Gasteiger partial charge in [-0.1, -0.05) is 5.21 Å². The van der Waals surface area contributed by atoms with E-state index in [0.29, 0.717) is 18.4 Å². The minimum Gasteiger partial charge on any atom is -0.378 e. The second-order valence-electron chi connectivity index (χ2n) is 8.89. The van der Waals surface area contributed by atoms with Gasteiger partial charge in [-0.25, -0.2) is 9.67 Å². The van der Waals surface area contributed by atoms with Crippen molar-refractivity contribution in [2.24, 2.45) is 17.8 Å². The van der Waals surface area contributed by atoms with Crippen LogP contribution < -0.4 is 10.2 Å². The molecule has 3 fully saturated rings. The number of nitrogens with zero attached hydrogens (tertiary/aromatic N) is 6. The highest BCUT2D eigenvalue weighted by Crippen LogP contribution is 2.43. The summed E-state index contributed by atoms with van der Waals surface area (Å²) in [6.45, 7) is 3.32. The molecular weight excluding hydrogens is 382 g/mol. The third-order valence-corrected chi connectivity index (χ3v) is 6.70. The molecule has 0 aromatic carbocycles. The first-order valence-electron chi connectivity index (χ1n) is 11.0. The van der Waals surface area contributed by atoms with E-state index in [2.05, 4.69) is 30.5 Å². The number of methoxy groups -OCH3 is 1. The van der Waals surface area contributed by atoms with Crippen LogP contribution in [0, 0.1) is 17.8 Å². The van der Waals surface area contributed by atoms with Crippen LogP contribution in [-0.4, -0.2) is 64.9 Å². The van der Waals surface area contributed by atoms with Gasteiger partial charge in [0.25, 0.3) is 0 Å². The van der Waals surface area contributed by atoms with Crippen molar-refractivity contribution in [3.63, 3.8) is 0 Å². The van der Waals surface area contributed by atoms with E-state index in [9.17, 15) is 0 Å². The SMILES string of the molecule is CNc1ccnc(N2C[C@H]3C[C@@H](n4cc(COC)nn4)[C@H](OCC4CC4)C[C@H]3C2)n1. The van der Waals surface area contributed by atoms with Crippen molar-refractivity contribution in [3.8, 4) is 0 Å². The monoisotopic (exact) mass is 413 g/mol. The minimum atomic E-state index is 0.174. The fraction of sp³-hybridized carbons (Fsp3) is 0.714. The van der Waals surface area contributed by atoms with E-state index in [-0.39, 0.29) is 12.1 Å². The van der Waals surface area contributed by atoms with Crippen LogP contribution in [0.15, 0.2) is 18.5 Å². The number of fused-ring (bicyclic) bond motifs is 1. The zero-order valence-corrected chi connectivity index (χ0v) is 17.8. The van der Waals surface area contributed by atoms with Gasteiger partial charge in [0.15, 0.2) is 0 Å². The van der Waals surface area contributed by atoms with Crippen LogP contribution >= 0.6 is 0 Å². The Hall–Kier alpha value is -2.26. The highest BCUT2D eigenvalue weighted by Gasteiger charge is 2.45. The van der Waals surface area contributed by atoms with E-state index >= 15 is 0 Å². The van der Waals surface area contributed by atoms with Crippen LogP contribution in [-0.2, 0) is 16.1 Å². The summed E-state index contributed by atoms with van der Waals surface area (Å²) >= 11 is 0. The molecule has 4 atom stereocenters. The summed E-state index contributed by atoms with van der Waals surface area (Å²) in [6.07, 6.45) is 8.71. The molecule has 1 saturated heterocycles. The van der Waals surface area contributed by atoms with Gasteiger partial charge in [0.1, 0.15) is 11.5 Å². The lowest BCUT2D eigenvalue weighted by Gasteiger charge is -2.37. The Morgan fingerprint density at radius 1 is 1.20 bits per heavy atom. The largest absolute Gasteiger partial charge is 0.378 e. The molecule has 30 heavy (non-hydrogen) atoms. The summed E-state index contributed by atoms with van der Waals surface area (Å²) in [5, 5.41) is 11.8. The zero-order valence-electron chi connectivity index (χ0n) is 17.8. The van der Waals surface area contributed by atoms with Gasteiger partial charge < -0.3 is 19.7 Å². The number of nitrogens with one attached hydrogen (secondary N) is 1. The number of rotatable bonds is 8. The van der Waals surface area contributed by atoms with Gasteiger partial charge in [-0.15, -0.1) is 5.10 Å². The molecule has 1 aliphatic heterocycles. The molecule has 0 spiro atoms. The van der Waals surface area contributed by atoms with Crippen LogP contribution in [0.5, 0.6) is 0 Å². The van der Waals surface area contributed by atoms with Gasteiger partial charge in [-0.05, 0) is 49.5 Å². The molecule has 1 N–H and O–H groups in total. The first-order valence-corrected chi connectivity index (χ1v) is 11.0. The molecule has 9 nitrogen and oxygen atoms in total. The summed E-state index contributed by atoms with van der Waals surface area (Å²) in [5.41, 5.74) is 0.867. The van der Waals surface area contributed by atoms with Gasteiger partial charge in [0.05, 0.1) is 24.9 Å². The third kappa shape index (κ3) is 4.13. The summed E-state index contributed by atoms with van der Waals surface area (Å²) in [4.78, 5) is 11.5. The number of hydrogen-bond acceptors (Lipinski definition) is 8. The molecular formula is C21H31N7O2. The van der Waals surface area contributed by atoms with Crippen molar-refractivity contribution in [2.75, 3.05) is 44.1 Å². The third-order valence-electron chi connectivity index (χ3n) is 6.70. The lowest BCUT2D eigenvalue weighted by molar-refractivity contribution is -0.0375. The van der Waals surface area contributed by atoms with E-state index in [1.54, 1.807) is 7.11 Å². The lowest BCUT2D eigenvalue weighted by Crippen LogP contribution is -2.38. The van der Waals surface area contributed by atoms with Crippen LogP contribution in [0.3, 0.4) is 0 Å². The fourth-order valence-electron chi connectivity index (χ4n) is 4.88. The first kappa shape index (κ1) is 19.7. The van der Waals surface area contributed by atoms with Gasteiger partial charge in [0.2, 0.25) is 5.95 Å². The van der Waals surface area contributed by atoms with E-state index in [1.165, 1.54) is 12.8 Å². The smallest absolute Gasteiger partial charge is 0.227 e. The summed E-state index contributed by atoms with van der Waals surface area (Å²) < 4.78 is 13.7. The number of ether oxygens (including phenoxy) is 2. The van der Waals surface area contributed by atoms with E-state index in [4.69, 9.17) is 9.47 Å². The normalized spacial score (nSPS) is 28.5. The van der Waals surface area contributed by atoms with Crippen molar-refractivity contribution in [1.82, 2.24) is 25.0 Å². The molecule has 0 amide bonds. The maximum absolute atomic E-state index is 6.45. The lowest BCUT2D eigenvalue weighted by atomic mass is 9.77. The maximum atomic E-state index is 6.45. The Morgan fingerprint density at radius 3 is 2.80 bits per heavy atom. The molecule has 2 saturated carbocycles. The molecule has 9 heteroatoms. The van der Waals surface area contributed by atoms with Crippen molar-refractivity contribution in [1.29, 1.82) is 0 Å². The van der Waals surface area contributed by atoms with E-state index < -0.39 is 0 Å². The predicted octanol–water partition coefficient (Wildman–Crippen LogP) is 2.14. The topological polar surface area (TPSA) is 90.2 Å². The van der Waals surface area contributed by atoms with Crippen LogP contribution in [0.25, 0.3) is 0 Å². The maximum Gasteiger partial charge on any atom is 0.227 e. The minimum absolute atomic E-state index is 0.174. The molecule has 2 aromatic rings. The van der Waals surface area contributed by atoms with Crippen molar-refractivity contribution in [2.45, 2.75) is 44.4 Å². The molecule has 3 heterocycles. The molecule has 2 aliphatic carbocycles. The Morgan fingerprint density at radius 2 is 2.03 bits per heavy atom. The molecule has 5 rings (SSSR count). The van der Waals surface area contributed by atoms with Crippen molar-refractivity contribution >= 4 is 11.8 Å². The molecule has 2 aromatic heterocycles. The zero-order chi connectivity index (χ0) is 20.5. The van der Waals surface area contributed by atoms with Gasteiger partial charge in [-0.3, -0.25) is 0 Å². The second kappa shape index (κ2) is 8.47. The average molecular weight is 414 g/mol. The average Bonchev–Trinajstić information content (AvgIpc) is 3.32. The molecule has 0 bridgehead atoms. The second-order valence-corrected chi connectivity index (χ2v) is 8.89. The molecule has 162 valence electrons. The van der Waals surface area contributed by atoms with Gasteiger partial charge in [-0.2, -0.15) is 4.98 Å². The Kier molecular flexibility index (Phi) is 5.56. The van der Waals surface area contributed by atoms with E-state index in [0.717, 1.165) is 55.9 Å². The first-order chi connectivity index (χ1) is 14.7. The Labute approximate surface area is 177 Å². The van der Waals surface area contributed by atoms with Gasteiger partial charge in [0, 0.05) is 40.1 Å². The fourth-order valence-corrected chi connectivity index (χ4v) is 4.88. The van der Waals surface area contributed by atoms with Crippen molar-refractivity contribution < 1.29 is 9.47 Å². The summed E-state index contributed by atoms with van der Waals surface area (Å²) in [6, 6.07) is 2.11. The van der Waals surface area contributed by atoms with Gasteiger partial charge >= 0.3 is 0 Å². The number of anilines is 2. The quantitative estimate of drug-likeness (QED) is 0.704. The van der Waals surface area contributed by atoms with Crippen LogP contribution in [0.2, 0.25) is 0 Å². The predicted molar refractivity (Wildman–Crippen MR) is 112 cm³/mol. The van der Waals surface area contributed by atoms with Crippen molar-refractivity contribution in [3.05, 3.63) is 24.2 Å². The van der Waals surface area contributed by atoms with E-state index in [1.807, 2.05) is 30.2 Å². The standard InChI is InChI=1S/C21H31N7O2/c1-22-20-5-6-23-21(24-20)27-9-15-7-18(28-11-17(13-29-2)25-26-28)19(8-16(15)10-27)30-12-14-3-4-14/h5-6,11,14-16,18-19H,3-4,7-10,12-13H2,1-2H3,(H,22,23,24)/t15-,16+,18-,19-/m1/s1. The summed E-state index contributed by atoms with van der Waals surface area (Å²) in [5.74, 6) is 3.58.